The minimum atomic E-state index is -0.414. The molecule has 0 radical (unpaired) electrons. The summed E-state index contributed by atoms with van der Waals surface area (Å²) in [7, 11) is 0. The Morgan fingerprint density at radius 3 is 2.37 bits per heavy atom. The average molecular weight is 466 g/mol. The van der Waals surface area contributed by atoms with E-state index >= 15 is 0 Å². The highest BCUT2D eigenvalue weighted by atomic mass is 16.2. The van der Waals surface area contributed by atoms with Gasteiger partial charge in [-0.25, -0.2) is 9.67 Å². The minimum Gasteiger partial charge on any atom is -0.340 e. The van der Waals surface area contributed by atoms with Crippen molar-refractivity contribution in [1.82, 2.24) is 25.1 Å². The fraction of sp³-hybridized carbons (Fsp3) is 0.214. The topological polar surface area (TPSA) is 92.7 Å². The van der Waals surface area contributed by atoms with Gasteiger partial charge in [0.25, 0.3) is 11.5 Å². The zero-order valence-corrected chi connectivity index (χ0v) is 19.7. The lowest BCUT2D eigenvalue weighted by Gasteiger charge is -2.18. The van der Waals surface area contributed by atoms with E-state index in [4.69, 9.17) is 4.98 Å². The predicted molar refractivity (Wildman–Crippen MR) is 137 cm³/mol. The SMILES string of the molecule is CC(C)Cn1nc(C(=O)NC(Cc2ccccc2)c2nc3ccccc3[nH]2)c2ccccc2c1=O. The van der Waals surface area contributed by atoms with Crippen LogP contribution in [-0.4, -0.2) is 25.7 Å². The van der Waals surface area contributed by atoms with Crippen LogP contribution in [0.15, 0.2) is 83.7 Å². The lowest BCUT2D eigenvalue weighted by Crippen LogP contribution is -2.34. The Balaban J connectivity index is 1.56. The first-order chi connectivity index (χ1) is 17.0. The number of carbonyl (C=O) groups excluding carboxylic acids is 1. The van der Waals surface area contributed by atoms with Crippen LogP contribution < -0.4 is 10.9 Å². The third-order valence-corrected chi connectivity index (χ3v) is 5.95. The molecule has 0 fully saturated rings. The molecule has 0 spiro atoms. The zero-order chi connectivity index (χ0) is 24.4. The first-order valence-corrected chi connectivity index (χ1v) is 11.8. The van der Waals surface area contributed by atoms with Gasteiger partial charge in [0.2, 0.25) is 0 Å². The summed E-state index contributed by atoms with van der Waals surface area (Å²) in [5, 5.41) is 8.66. The Morgan fingerprint density at radius 1 is 0.943 bits per heavy atom. The summed E-state index contributed by atoms with van der Waals surface area (Å²) in [5.41, 5.74) is 2.85. The molecule has 35 heavy (non-hydrogen) atoms. The molecule has 2 heterocycles. The summed E-state index contributed by atoms with van der Waals surface area (Å²) < 4.78 is 1.40. The molecule has 0 saturated carbocycles. The van der Waals surface area contributed by atoms with Crippen molar-refractivity contribution in [3.05, 3.63) is 106 Å². The number of nitrogens with zero attached hydrogens (tertiary/aromatic N) is 3. The van der Waals surface area contributed by atoms with Crippen molar-refractivity contribution >= 4 is 27.7 Å². The van der Waals surface area contributed by atoms with E-state index in [9.17, 15) is 9.59 Å². The van der Waals surface area contributed by atoms with Crippen LogP contribution in [0, 0.1) is 5.92 Å². The number of amides is 1. The molecule has 1 amide bonds. The number of aromatic nitrogens is 4. The monoisotopic (exact) mass is 465 g/mol. The first-order valence-electron chi connectivity index (χ1n) is 11.8. The summed E-state index contributed by atoms with van der Waals surface area (Å²) in [6, 6.07) is 24.5. The number of carbonyl (C=O) groups is 1. The molecule has 0 aliphatic carbocycles. The second kappa shape index (κ2) is 9.54. The second-order valence-corrected chi connectivity index (χ2v) is 9.13. The number of hydrogen-bond donors (Lipinski definition) is 2. The van der Waals surface area contributed by atoms with E-state index in [2.05, 4.69) is 15.4 Å². The van der Waals surface area contributed by atoms with Gasteiger partial charge in [-0.05, 0) is 36.1 Å². The molecule has 5 aromatic rings. The van der Waals surface area contributed by atoms with Gasteiger partial charge in [-0.15, -0.1) is 0 Å². The minimum absolute atomic E-state index is 0.191. The Hall–Kier alpha value is -4.26. The van der Waals surface area contributed by atoms with E-state index < -0.39 is 6.04 Å². The van der Waals surface area contributed by atoms with Gasteiger partial charge in [0.05, 0.1) is 22.5 Å². The number of rotatable bonds is 7. The maximum absolute atomic E-state index is 13.7. The molecule has 0 bridgehead atoms. The lowest BCUT2D eigenvalue weighted by atomic mass is 10.0. The van der Waals surface area contributed by atoms with Gasteiger partial charge >= 0.3 is 0 Å². The van der Waals surface area contributed by atoms with Crippen LogP contribution in [0.25, 0.3) is 21.8 Å². The molecule has 2 N–H and O–H groups in total. The van der Waals surface area contributed by atoms with Crippen molar-refractivity contribution in [2.45, 2.75) is 32.9 Å². The first kappa shape index (κ1) is 22.5. The van der Waals surface area contributed by atoms with Gasteiger partial charge < -0.3 is 10.3 Å². The van der Waals surface area contributed by atoms with Gasteiger partial charge in [-0.3, -0.25) is 9.59 Å². The van der Waals surface area contributed by atoms with Gasteiger partial charge in [-0.2, -0.15) is 5.10 Å². The largest absolute Gasteiger partial charge is 0.340 e. The Morgan fingerprint density at radius 2 is 1.63 bits per heavy atom. The van der Waals surface area contributed by atoms with E-state index in [1.165, 1.54) is 4.68 Å². The maximum Gasteiger partial charge on any atom is 0.274 e. The summed E-state index contributed by atoms with van der Waals surface area (Å²) >= 11 is 0. The zero-order valence-electron chi connectivity index (χ0n) is 19.7. The fourth-order valence-electron chi connectivity index (χ4n) is 4.30. The van der Waals surface area contributed by atoms with Crippen LogP contribution >= 0.6 is 0 Å². The Bertz CT molecular complexity index is 1520. The van der Waals surface area contributed by atoms with Crippen molar-refractivity contribution in [2.75, 3.05) is 0 Å². The smallest absolute Gasteiger partial charge is 0.274 e. The normalized spacial score (nSPS) is 12.3. The number of fused-ring (bicyclic) bond motifs is 2. The molecular formula is C28H27N5O2. The van der Waals surface area contributed by atoms with E-state index in [1.807, 2.05) is 74.5 Å². The van der Waals surface area contributed by atoms with Crippen molar-refractivity contribution in [2.24, 2.45) is 5.92 Å². The number of H-pyrrole nitrogens is 1. The Kier molecular flexibility index (Phi) is 6.14. The van der Waals surface area contributed by atoms with Crippen LogP contribution in [0.2, 0.25) is 0 Å². The Labute approximate surface area is 202 Å². The average Bonchev–Trinajstić information content (AvgIpc) is 3.30. The quantitative estimate of drug-likeness (QED) is 0.366. The molecule has 7 heteroatoms. The highest BCUT2D eigenvalue weighted by molar-refractivity contribution is 6.04. The predicted octanol–water partition coefficient (Wildman–Crippen LogP) is 4.64. The number of nitrogens with one attached hydrogen (secondary N) is 2. The van der Waals surface area contributed by atoms with E-state index in [-0.39, 0.29) is 23.1 Å². The number of benzene rings is 3. The van der Waals surface area contributed by atoms with Gasteiger partial charge in [-0.1, -0.05) is 74.5 Å². The van der Waals surface area contributed by atoms with Gasteiger partial charge in [0, 0.05) is 11.9 Å². The second-order valence-electron chi connectivity index (χ2n) is 9.13. The molecule has 1 unspecified atom stereocenters. The highest BCUT2D eigenvalue weighted by Crippen LogP contribution is 2.21. The number of imidazole rings is 1. The van der Waals surface area contributed by atoms with E-state index in [0.717, 1.165) is 16.6 Å². The number of aromatic amines is 1. The van der Waals surface area contributed by atoms with Crippen LogP contribution in [0.5, 0.6) is 0 Å². The summed E-state index contributed by atoms with van der Waals surface area (Å²) in [4.78, 5) is 34.7. The maximum atomic E-state index is 13.7. The van der Waals surface area contributed by atoms with E-state index in [0.29, 0.717) is 29.6 Å². The molecule has 0 saturated heterocycles. The van der Waals surface area contributed by atoms with Crippen LogP contribution in [-0.2, 0) is 13.0 Å². The van der Waals surface area contributed by atoms with Crippen LogP contribution in [0.4, 0.5) is 0 Å². The van der Waals surface area contributed by atoms with Crippen molar-refractivity contribution < 1.29 is 4.79 Å². The summed E-state index contributed by atoms with van der Waals surface area (Å²) in [6.07, 6.45) is 0.552. The summed E-state index contributed by atoms with van der Waals surface area (Å²) in [6.45, 7) is 4.46. The molecule has 2 aromatic heterocycles. The fourth-order valence-corrected chi connectivity index (χ4v) is 4.30. The van der Waals surface area contributed by atoms with E-state index in [1.54, 1.807) is 18.2 Å². The molecular weight excluding hydrogens is 438 g/mol. The highest BCUT2D eigenvalue weighted by Gasteiger charge is 2.23. The van der Waals surface area contributed by atoms with Gasteiger partial charge in [0.15, 0.2) is 5.69 Å². The molecule has 5 rings (SSSR count). The van der Waals surface area contributed by atoms with Crippen molar-refractivity contribution in [3.63, 3.8) is 0 Å². The third-order valence-electron chi connectivity index (χ3n) is 5.95. The molecule has 176 valence electrons. The number of hydrogen-bond acceptors (Lipinski definition) is 4. The molecule has 1 atom stereocenters. The van der Waals surface area contributed by atoms with Crippen molar-refractivity contribution in [3.8, 4) is 0 Å². The molecule has 7 nitrogen and oxygen atoms in total. The molecule has 0 aliphatic rings. The lowest BCUT2D eigenvalue weighted by molar-refractivity contribution is 0.0929. The number of para-hydroxylation sites is 2. The van der Waals surface area contributed by atoms with Gasteiger partial charge in [0.1, 0.15) is 5.82 Å². The third kappa shape index (κ3) is 4.71. The van der Waals surface area contributed by atoms with Crippen LogP contribution in [0.1, 0.15) is 41.8 Å². The summed E-state index contributed by atoms with van der Waals surface area (Å²) in [5.74, 6) is 0.530. The molecule has 0 aliphatic heterocycles. The van der Waals surface area contributed by atoms with Crippen LogP contribution in [0.3, 0.4) is 0 Å². The van der Waals surface area contributed by atoms with Crippen molar-refractivity contribution in [1.29, 1.82) is 0 Å². The molecule has 3 aromatic carbocycles. The standard InChI is InChI=1S/C28H27N5O2/c1-18(2)17-33-28(35)21-13-7-6-12-20(21)25(32-33)27(34)31-24(16-19-10-4-3-5-11-19)26-29-22-14-8-9-15-23(22)30-26/h3-15,18,24H,16-17H2,1-2H3,(H,29,30)(H,31,34).